The lowest BCUT2D eigenvalue weighted by Gasteiger charge is -2.24. The molecule has 1 heterocycles. The van der Waals surface area contributed by atoms with Gasteiger partial charge in [0.15, 0.2) is 0 Å². The molecule has 3 N–H and O–H groups in total. The number of sulfonamides is 1. The van der Waals surface area contributed by atoms with Crippen LogP contribution in [-0.4, -0.2) is 34.0 Å². The number of amides is 1. The molecule has 1 aromatic rings. The lowest BCUT2D eigenvalue weighted by molar-refractivity contribution is -0.121. The number of carbonyl (C=O) groups is 1. The number of benzene rings is 1. The fourth-order valence-electron chi connectivity index (χ4n) is 2.37. The average Bonchev–Trinajstić information content (AvgIpc) is 2.71. The molecule has 0 spiro atoms. The number of rotatable bonds is 5. The van der Waals surface area contributed by atoms with Crippen LogP contribution in [0.25, 0.3) is 0 Å². The Hall–Kier alpha value is -1.44. The summed E-state index contributed by atoms with van der Waals surface area (Å²) in [4.78, 5) is 12.0. The Morgan fingerprint density at radius 1 is 1.29 bits per heavy atom. The van der Waals surface area contributed by atoms with E-state index in [4.69, 9.17) is 0 Å². The molecule has 116 valence electrons. The summed E-state index contributed by atoms with van der Waals surface area (Å²) >= 11 is 0. The molecule has 1 aliphatic heterocycles. The minimum Gasteiger partial charge on any atom is -0.354 e. The zero-order valence-corrected chi connectivity index (χ0v) is 13.3. The fourth-order valence-corrected chi connectivity index (χ4v) is 3.10. The molecule has 0 bridgehead atoms. The highest BCUT2D eigenvalue weighted by Gasteiger charge is 2.40. The van der Waals surface area contributed by atoms with Crippen LogP contribution in [0.4, 0.5) is 0 Å². The van der Waals surface area contributed by atoms with Crippen molar-refractivity contribution in [1.29, 1.82) is 0 Å². The zero-order valence-electron chi connectivity index (χ0n) is 12.4. The standard InChI is InChI=1S/C14H21N3O3S/c1-14(2)9-17-13(18)12(14)16-8-10-4-6-11(7-5-10)21(19,20)15-3/h4-7,12,15-16H,8-9H2,1-3H3,(H,17,18). The first kappa shape index (κ1) is 15.9. The van der Waals surface area contributed by atoms with Crippen molar-refractivity contribution in [2.45, 2.75) is 31.3 Å². The van der Waals surface area contributed by atoms with Gasteiger partial charge >= 0.3 is 0 Å². The van der Waals surface area contributed by atoms with E-state index in [1.165, 1.54) is 7.05 Å². The monoisotopic (exact) mass is 311 g/mol. The maximum atomic E-state index is 11.8. The second kappa shape index (κ2) is 5.75. The lowest BCUT2D eigenvalue weighted by atomic mass is 9.87. The van der Waals surface area contributed by atoms with Gasteiger partial charge in [0.25, 0.3) is 0 Å². The summed E-state index contributed by atoms with van der Waals surface area (Å²) in [6.07, 6.45) is 0. The van der Waals surface area contributed by atoms with Gasteiger partial charge in [-0.25, -0.2) is 13.1 Å². The van der Waals surface area contributed by atoms with Crippen molar-refractivity contribution in [3.63, 3.8) is 0 Å². The summed E-state index contributed by atoms with van der Waals surface area (Å²) in [5, 5.41) is 6.08. The Morgan fingerprint density at radius 2 is 1.90 bits per heavy atom. The maximum absolute atomic E-state index is 11.8. The first-order chi connectivity index (χ1) is 9.76. The summed E-state index contributed by atoms with van der Waals surface area (Å²) in [5.41, 5.74) is 0.799. The second-order valence-corrected chi connectivity index (χ2v) is 7.76. The molecule has 1 atom stereocenters. The van der Waals surface area contributed by atoms with E-state index < -0.39 is 10.0 Å². The van der Waals surface area contributed by atoms with Gasteiger partial charge in [0.1, 0.15) is 0 Å². The average molecular weight is 311 g/mol. The highest BCUT2D eigenvalue weighted by Crippen LogP contribution is 2.25. The van der Waals surface area contributed by atoms with Crippen LogP contribution in [-0.2, 0) is 21.4 Å². The van der Waals surface area contributed by atoms with Gasteiger partial charge in [0.05, 0.1) is 10.9 Å². The zero-order chi connectivity index (χ0) is 15.7. The van der Waals surface area contributed by atoms with Crippen LogP contribution in [0.2, 0.25) is 0 Å². The SMILES string of the molecule is CNS(=O)(=O)c1ccc(CNC2C(=O)NCC2(C)C)cc1. The Labute approximate surface area is 125 Å². The van der Waals surface area contributed by atoms with E-state index in [1.807, 2.05) is 13.8 Å². The maximum Gasteiger partial charge on any atom is 0.240 e. The highest BCUT2D eigenvalue weighted by molar-refractivity contribution is 7.89. The Balaban J connectivity index is 2.03. The number of hydrogen-bond acceptors (Lipinski definition) is 4. The van der Waals surface area contributed by atoms with Crippen molar-refractivity contribution < 1.29 is 13.2 Å². The van der Waals surface area contributed by atoms with Crippen molar-refractivity contribution in [3.8, 4) is 0 Å². The largest absolute Gasteiger partial charge is 0.354 e. The van der Waals surface area contributed by atoms with Gasteiger partial charge in [-0.05, 0) is 24.7 Å². The summed E-state index contributed by atoms with van der Waals surface area (Å²) in [6.45, 7) is 5.24. The third-order valence-electron chi connectivity index (χ3n) is 3.77. The Kier molecular flexibility index (Phi) is 4.36. The number of carbonyl (C=O) groups excluding carboxylic acids is 1. The molecule has 0 aliphatic carbocycles. The molecular weight excluding hydrogens is 290 g/mol. The summed E-state index contributed by atoms with van der Waals surface area (Å²) < 4.78 is 25.5. The van der Waals surface area contributed by atoms with Crippen LogP contribution in [0.1, 0.15) is 19.4 Å². The quantitative estimate of drug-likeness (QED) is 0.725. The van der Waals surface area contributed by atoms with Gasteiger partial charge in [0.2, 0.25) is 15.9 Å². The van der Waals surface area contributed by atoms with E-state index in [2.05, 4.69) is 15.4 Å². The van der Waals surface area contributed by atoms with Crippen molar-refractivity contribution in [2.24, 2.45) is 5.41 Å². The van der Waals surface area contributed by atoms with Crippen LogP contribution in [0.5, 0.6) is 0 Å². The molecule has 1 fully saturated rings. The number of nitrogens with one attached hydrogen (secondary N) is 3. The molecule has 7 heteroatoms. The minimum absolute atomic E-state index is 0.00869. The molecule has 0 aromatic heterocycles. The van der Waals surface area contributed by atoms with Gasteiger partial charge < -0.3 is 10.6 Å². The van der Waals surface area contributed by atoms with E-state index in [1.54, 1.807) is 24.3 Å². The smallest absolute Gasteiger partial charge is 0.240 e. The summed E-state index contributed by atoms with van der Waals surface area (Å²) in [5.74, 6) is 0.00869. The van der Waals surface area contributed by atoms with E-state index >= 15 is 0 Å². The molecule has 1 aliphatic rings. The topological polar surface area (TPSA) is 87.3 Å². The van der Waals surface area contributed by atoms with Crippen LogP contribution < -0.4 is 15.4 Å². The molecule has 21 heavy (non-hydrogen) atoms. The van der Waals surface area contributed by atoms with Crippen molar-refractivity contribution >= 4 is 15.9 Å². The Bertz CT molecular complexity index is 623. The molecule has 0 radical (unpaired) electrons. The molecule has 1 amide bonds. The van der Waals surface area contributed by atoms with Gasteiger partial charge in [-0.1, -0.05) is 26.0 Å². The van der Waals surface area contributed by atoms with Crippen molar-refractivity contribution in [3.05, 3.63) is 29.8 Å². The third-order valence-corrected chi connectivity index (χ3v) is 5.20. The van der Waals surface area contributed by atoms with Gasteiger partial charge in [-0.2, -0.15) is 0 Å². The van der Waals surface area contributed by atoms with E-state index in [0.29, 0.717) is 13.1 Å². The highest BCUT2D eigenvalue weighted by atomic mass is 32.2. The van der Waals surface area contributed by atoms with Gasteiger partial charge in [0, 0.05) is 18.5 Å². The first-order valence-electron chi connectivity index (χ1n) is 6.80. The van der Waals surface area contributed by atoms with Crippen LogP contribution in [0, 0.1) is 5.41 Å². The van der Waals surface area contributed by atoms with Crippen LogP contribution in [0.3, 0.4) is 0 Å². The summed E-state index contributed by atoms with van der Waals surface area (Å²) in [6, 6.07) is 6.37. The fraction of sp³-hybridized carbons (Fsp3) is 0.500. The normalized spacial score (nSPS) is 21.3. The molecule has 1 saturated heterocycles. The Morgan fingerprint density at radius 3 is 2.38 bits per heavy atom. The first-order valence-corrected chi connectivity index (χ1v) is 8.28. The second-order valence-electron chi connectivity index (χ2n) is 5.87. The molecule has 1 unspecified atom stereocenters. The van der Waals surface area contributed by atoms with Crippen molar-refractivity contribution in [2.75, 3.05) is 13.6 Å². The third kappa shape index (κ3) is 3.42. The lowest BCUT2D eigenvalue weighted by Crippen LogP contribution is -2.43. The predicted molar refractivity (Wildman–Crippen MR) is 80.1 cm³/mol. The molecular formula is C14H21N3O3S. The minimum atomic E-state index is -3.41. The van der Waals surface area contributed by atoms with E-state index in [9.17, 15) is 13.2 Å². The molecule has 6 nitrogen and oxygen atoms in total. The van der Waals surface area contributed by atoms with Gasteiger partial charge in [-0.3, -0.25) is 4.79 Å². The molecule has 0 saturated carbocycles. The van der Waals surface area contributed by atoms with Gasteiger partial charge in [-0.15, -0.1) is 0 Å². The van der Waals surface area contributed by atoms with E-state index in [0.717, 1.165) is 5.56 Å². The summed E-state index contributed by atoms with van der Waals surface area (Å²) in [7, 11) is -2.03. The van der Waals surface area contributed by atoms with Crippen molar-refractivity contribution in [1.82, 2.24) is 15.4 Å². The molecule has 2 rings (SSSR count). The molecule has 1 aromatic carbocycles. The van der Waals surface area contributed by atoms with Crippen LogP contribution >= 0.6 is 0 Å². The van der Waals surface area contributed by atoms with Crippen LogP contribution in [0.15, 0.2) is 29.2 Å². The predicted octanol–water partition coefficient (Wildman–Crippen LogP) is 0.209. The van der Waals surface area contributed by atoms with E-state index in [-0.39, 0.29) is 22.3 Å². The number of hydrogen-bond donors (Lipinski definition) is 3.